The number of carbonyl (C=O) groups is 1. The minimum atomic E-state index is -0.346. The van der Waals surface area contributed by atoms with Crippen molar-refractivity contribution in [2.75, 3.05) is 6.54 Å². The molecule has 0 spiro atoms. The smallest absolute Gasteiger partial charge is 0.255 e. The third-order valence-electron chi connectivity index (χ3n) is 2.29. The molecule has 0 aromatic heterocycles. The summed E-state index contributed by atoms with van der Waals surface area (Å²) in [7, 11) is 0. The number of halogens is 2. The summed E-state index contributed by atoms with van der Waals surface area (Å²) in [5, 5.41) is 12.5. The second-order valence-corrected chi connectivity index (χ2v) is 4.81. The number of hydrogen-bond acceptors (Lipinski definition) is 2. The highest BCUT2D eigenvalue weighted by atomic mass is 35.5. The van der Waals surface area contributed by atoms with E-state index < -0.39 is 0 Å². The first-order chi connectivity index (χ1) is 8.04. The SMILES string of the molecule is CCCC(Cl)CNC(=O)c1ccc(Cl)cc1O. The van der Waals surface area contributed by atoms with Gasteiger partial charge in [-0.2, -0.15) is 0 Å². The average molecular weight is 276 g/mol. The largest absolute Gasteiger partial charge is 0.507 e. The molecule has 1 unspecified atom stereocenters. The molecule has 0 radical (unpaired) electrons. The maximum atomic E-state index is 11.7. The Balaban J connectivity index is 2.58. The highest BCUT2D eigenvalue weighted by Gasteiger charge is 2.12. The molecule has 17 heavy (non-hydrogen) atoms. The van der Waals surface area contributed by atoms with Crippen LogP contribution in [0.4, 0.5) is 0 Å². The summed E-state index contributed by atoms with van der Waals surface area (Å²) in [5.74, 6) is -0.475. The Morgan fingerprint density at radius 3 is 2.82 bits per heavy atom. The third-order valence-corrected chi connectivity index (χ3v) is 2.90. The molecule has 5 heteroatoms. The minimum absolute atomic E-state index is 0.0848. The molecule has 2 N–H and O–H groups in total. The average Bonchev–Trinajstić information content (AvgIpc) is 2.26. The monoisotopic (exact) mass is 275 g/mol. The lowest BCUT2D eigenvalue weighted by Crippen LogP contribution is -2.29. The van der Waals surface area contributed by atoms with Crippen molar-refractivity contribution in [2.45, 2.75) is 25.1 Å². The molecule has 0 bridgehead atoms. The Morgan fingerprint density at radius 1 is 1.53 bits per heavy atom. The summed E-state index contributed by atoms with van der Waals surface area (Å²) in [5.41, 5.74) is 0.203. The van der Waals surface area contributed by atoms with Gasteiger partial charge >= 0.3 is 0 Å². The van der Waals surface area contributed by atoms with Gasteiger partial charge in [0.15, 0.2) is 0 Å². The van der Waals surface area contributed by atoms with E-state index in [0.29, 0.717) is 11.6 Å². The molecule has 0 aliphatic rings. The standard InChI is InChI=1S/C12H15Cl2NO2/c1-2-3-9(14)7-15-12(17)10-5-4-8(13)6-11(10)16/h4-6,9,16H,2-3,7H2,1H3,(H,15,17). The van der Waals surface area contributed by atoms with E-state index in [1.165, 1.54) is 12.1 Å². The van der Waals surface area contributed by atoms with Gasteiger partial charge in [-0.25, -0.2) is 0 Å². The fourth-order valence-electron chi connectivity index (χ4n) is 1.41. The van der Waals surface area contributed by atoms with Crippen molar-refractivity contribution in [3.63, 3.8) is 0 Å². The predicted molar refractivity (Wildman–Crippen MR) is 70.0 cm³/mol. The highest BCUT2D eigenvalue weighted by Crippen LogP contribution is 2.21. The second kappa shape index (κ2) is 6.72. The van der Waals surface area contributed by atoms with Crippen molar-refractivity contribution in [1.82, 2.24) is 5.32 Å². The van der Waals surface area contributed by atoms with Crippen molar-refractivity contribution < 1.29 is 9.90 Å². The van der Waals surface area contributed by atoms with Crippen molar-refractivity contribution in [2.24, 2.45) is 0 Å². The number of nitrogens with one attached hydrogen (secondary N) is 1. The summed E-state index contributed by atoms with van der Waals surface area (Å²) < 4.78 is 0. The van der Waals surface area contributed by atoms with Crippen molar-refractivity contribution >= 4 is 29.1 Å². The number of amides is 1. The summed E-state index contributed by atoms with van der Waals surface area (Å²) >= 11 is 11.7. The van der Waals surface area contributed by atoms with Crippen LogP contribution in [0.25, 0.3) is 0 Å². The van der Waals surface area contributed by atoms with E-state index in [-0.39, 0.29) is 22.6 Å². The van der Waals surface area contributed by atoms with E-state index in [9.17, 15) is 9.90 Å². The first kappa shape index (κ1) is 14.1. The number of carbonyl (C=O) groups excluding carboxylic acids is 1. The van der Waals surface area contributed by atoms with E-state index in [0.717, 1.165) is 12.8 Å². The number of aromatic hydroxyl groups is 1. The molecule has 0 saturated carbocycles. The Morgan fingerprint density at radius 2 is 2.24 bits per heavy atom. The van der Waals surface area contributed by atoms with Gasteiger partial charge in [0, 0.05) is 11.6 Å². The quantitative estimate of drug-likeness (QED) is 0.811. The van der Waals surface area contributed by atoms with E-state index in [2.05, 4.69) is 5.32 Å². The molecular formula is C12H15Cl2NO2. The molecule has 1 rings (SSSR count). The zero-order valence-electron chi connectivity index (χ0n) is 9.54. The van der Waals surface area contributed by atoms with Crippen LogP contribution < -0.4 is 5.32 Å². The van der Waals surface area contributed by atoms with Crippen LogP contribution >= 0.6 is 23.2 Å². The first-order valence-electron chi connectivity index (χ1n) is 5.45. The summed E-state index contributed by atoms with van der Waals surface area (Å²) in [6.45, 7) is 2.42. The van der Waals surface area contributed by atoms with Gasteiger partial charge in [-0.3, -0.25) is 4.79 Å². The van der Waals surface area contributed by atoms with Crippen LogP contribution in [-0.4, -0.2) is 22.9 Å². The Kier molecular flexibility index (Phi) is 5.59. The molecule has 1 amide bonds. The van der Waals surface area contributed by atoms with Gasteiger partial charge in [-0.15, -0.1) is 11.6 Å². The molecule has 0 heterocycles. The number of phenolic OH excluding ortho intramolecular Hbond substituents is 1. The van der Waals surface area contributed by atoms with Gasteiger partial charge in [0.2, 0.25) is 0 Å². The van der Waals surface area contributed by atoms with E-state index >= 15 is 0 Å². The fraction of sp³-hybridized carbons (Fsp3) is 0.417. The van der Waals surface area contributed by atoms with E-state index in [1.54, 1.807) is 6.07 Å². The van der Waals surface area contributed by atoms with Gasteiger partial charge in [0.05, 0.1) is 10.9 Å². The lowest BCUT2D eigenvalue weighted by atomic mass is 10.2. The zero-order chi connectivity index (χ0) is 12.8. The molecular weight excluding hydrogens is 261 g/mol. The molecule has 3 nitrogen and oxygen atoms in total. The van der Waals surface area contributed by atoms with E-state index in [1.807, 2.05) is 6.92 Å². The van der Waals surface area contributed by atoms with Crippen molar-refractivity contribution in [3.05, 3.63) is 28.8 Å². The van der Waals surface area contributed by atoms with Crippen molar-refractivity contribution in [1.29, 1.82) is 0 Å². The zero-order valence-corrected chi connectivity index (χ0v) is 11.1. The Labute approximate surface area is 111 Å². The molecule has 1 atom stereocenters. The van der Waals surface area contributed by atoms with Crippen LogP contribution in [0.1, 0.15) is 30.1 Å². The fourth-order valence-corrected chi connectivity index (χ4v) is 1.87. The molecule has 1 aromatic rings. The van der Waals surface area contributed by atoms with E-state index in [4.69, 9.17) is 23.2 Å². The molecule has 1 aromatic carbocycles. The topological polar surface area (TPSA) is 49.3 Å². The number of rotatable bonds is 5. The van der Waals surface area contributed by atoms with Crippen LogP contribution in [0.3, 0.4) is 0 Å². The highest BCUT2D eigenvalue weighted by molar-refractivity contribution is 6.30. The molecule has 0 aliphatic heterocycles. The Hall–Kier alpha value is -0.930. The second-order valence-electron chi connectivity index (χ2n) is 3.76. The molecule has 0 saturated heterocycles. The van der Waals surface area contributed by atoms with Crippen LogP contribution in [0.2, 0.25) is 5.02 Å². The van der Waals surface area contributed by atoms with Crippen LogP contribution in [-0.2, 0) is 0 Å². The first-order valence-corrected chi connectivity index (χ1v) is 6.26. The van der Waals surface area contributed by atoms with Gasteiger partial charge in [-0.05, 0) is 24.6 Å². The molecule has 94 valence electrons. The number of alkyl halides is 1. The van der Waals surface area contributed by atoms with Crippen LogP contribution in [0.5, 0.6) is 5.75 Å². The van der Waals surface area contributed by atoms with Gasteiger partial charge in [0.25, 0.3) is 5.91 Å². The number of benzene rings is 1. The normalized spacial score (nSPS) is 12.2. The maximum absolute atomic E-state index is 11.7. The maximum Gasteiger partial charge on any atom is 0.255 e. The lowest BCUT2D eigenvalue weighted by Gasteiger charge is -2.10. The Bertz CT molecular complexity index is 396. The van der Waals surface area contributed by atoms with Crippen LogP contribution in [0, 0.1) is 0 Å². The van der Waals surface area contributed by atoms with Gasteiger partial charge in [-0.1, -0.05) is 24.9 Å². The number of phenols is 1. The van der Waals surface area contributed by atoms with Crippen molar-refractivity contribution in [3.8, 4) is 5.75 Å². The van der Waals surface area contributed by atoms with Crippen LogP contribution in [0.15, 0.2) is 18.2 Å². The minimum Gasteiger partial charge on any atom is -0.507 e. The number of hydrogen-bond donors (Lipinski definition) is 2. The summed E-state index contributed by atoms with van der Waals surface area (Å²) in [6, 6.07) is 4.37. The molecule has 0 aliphatic carbocycles. The summed E-state index contributed by atoms with van der Waals surface area (Å²) in [4.78, 5) is 11.7. The van der Waals surface area contributed by atoms with Gasteiger partial charge in [0.1, 0.15) is 5.75 Å². The third kappa shape index (κ3) is 4.44. The predicted octanol–water partition coefficient (Wildman–Crippen LogP) is 3.18. The lowest BCUT2D eigenvalue weighted by molar-refractivity contribution is 0.0950. The summed E-state index contributed by atoms with van der Waals surface area (Å²) in [6.07, 6.45) is 1.81. The van der Waals surface area contributed by atoms with Gasteiger partial charge < -0.3 is 10.4 Å². The molecule has 0 fully saturated rings.